The van der Waals surface area contributed by atoms with Gasteiger partial charge in [0.25, 0.3) is 0 Å². The van der Waals surface area contributed by atoms with Gasteiger partial charge in [0.05, 0.1) is 0 Å². The number of halogens is 1. The van der Waals surface area contributed by atoms with Crippen molar-refractivity contribution in [1.29, 1.82) is 0 Å². The molecule has 1 fully saturated rings. The minimum Gasteiger partial charge on any atom is -0.344 e. The number of anilines is 1. The van der Waals surface area contributed by atoms with Gasteiger partial charge in [0, 0.05) is 55.1 Å². The summed E-state index contributed by atoms with van der Waals surface area (Å²) in [5.74, 6) is 1.06. The molecule has 0 atom stereocenters. The molecular weight excluding hydrogens is 368 g/mol. The zero-order valence-electron chi connectivity index (χ0n) is 15.3. The standard InChI is InChI=1S/C19H25ClN4OS/c1-14(2)24(12-9-18(25)23-10-3-4-11-23)19-21-17(22-26-19)13-15-5-7-16(20)8-6-15/h5-8,14H,3-4,9-13H2,1-2H3. The van der Waals surface area contributed by atoms with Crippen LogP contribution in [0.5, 0.6) is 0 Å². The van der Waals surface area contributed by atoms with Crippen LogP contribution in [0, 0.1) is 0 Å². The van der Waals surface area contributed by atoms with E-state index in [1.54, 1.807) is 0 Å². The van der Waals surface area contributed by atoms with Gasteiger partial charge >= 0.3 is 0 Å². The highest BCUT2D eigenvalue weighted by atomic mass is 35.5. The zero-order valence-corrected chi connectivity index (χ0v) is 16.9. The van der Waals surface area contributed by atoms with Gasteiger partial charge < -0.3 is 9.80 Å². The molecule has 1 aromatic carbocycles. The summed E-state index contributed by atoms with van der Waals surface area (Å²) in [6.45, 7) is 6.75. The Balaban J connectivity index is 1.61. The van der Waals surface area contributed by atoms with Gasteiger partial charge in [-0.3, -0.25) is 4.79 Å². The highest BCUT2D eigenvalue weighted by Crippen LogP contribution is 2.22. The van der Waals surface area contributed by atoms with Crippen LogP contribution in [-0.4, -0.2) is 45.8 Å². The molecule has 0 N–H and O–H groups in total. The number of benzene rings is 1. The van der Waals surface area contributed by atoms with Crippen LogP contribution in [-0.2, 0) is 11.2 Å². The number of likely N-dealkylation sites (tertiary alicyclic amines) is 1. The number of nitrogens with zero attached hydrogens (tertiary/aromatic N) is 4. The lowest BCUT2D eigenvalue weighted by molar-refractivity contribution is -0.129. The average Bonchev–Trinajstić information content (AvgIpc) is 3.29. The van der Waals surface area contributed by atoms with E-state index < -0.39 is 0 Å². The van der Waals surface area contributed by atoms with Crippen LogP contribution in [0.2, 0.25) is 5.02 Å². The Hall–Kier alpha value is -1.66. The van der Waals surface area contributed by atoms with E-state index in [1.165, 1.54) is 11.5 Å². The first-order chi connectivity index (χ1) is 12.5. The summed E-state index contributed by atoms with van der Waals surface area (Å²) in [6, 6.07) is 8.04. The molecule has 0 saturated carbocycles. The van der Waals surface area contributed by atoms with Crippen molar-refractivity contribution in [2.24, 2.45) is 0 Å². The number of amides is 1. The predicted octanol–water partition coefficient (Wildman–Crippen LogP) is 4.01. The van der Waals surface area contributed by atoms with Gasteiger partial charge in [-0.25, -0.2) is 4.98 Å². The summed E-state index contributed by atoms with van der Waals surface area (Å²) in [5.41, 5.74) is 1.14. The van der Waals surface area contributed by atoms with E-state index >= 15 is 0 Å². The van der Waals surface area contributed by atoms with Crippen LogP contribution >= 0.6 is 23.1 Å². The summed E-state index contributed by atoms with van der Waals surface area (Å²) in [6.07, 6.45) is 3.48. The minimum absolute atomic E-state index is 0.249. The molecule has 1 aliphatic heterocycles. The van der Waals surface area contributed by atoms with Gasteiger partial charge in [-0.15, -0.1) is 0 Å². The molecule has 26 heavy (non-hydrogen) atoms. The van der Waals surface area contributed by atoms with Crippen LogP contribution < -0.4 is 4.90 Å². The molecule has 2 heterocycles. The fourth-order valence-corrected chi connectivity index (χ4v) is 4.11. The molecule has 0 unspecified atom stereocenters. The largest absolute Gasteiger partial charge is 0.344 e. The Morgan fingerprint density at radius 1 is 1.27 bits per heavy atom. The second-order valence-electron chi connectivity index (χ2n) is 6.92. The fourth-order valence-electron chi connectivity index (χ4n) is 3.13. The molecular formula is C19H25ClN4OS. The maximum absolute atomic E-state index is 12.3. The Kier molecular flexibility index (Phi) is 6.48. The lowest BCUT2D eigenvalue weighted by Crippen LogP contribution is -2.36. The molecule has 3 rings (SSSR count). The smallest absolute Gasteiger partial charge is 0.224 e. The highest BCUT2D eigenvalue weighted by Gasteiger charge is 2.21. The van der Waals surface area contributed by atoms with Crippen molar-refractivity contribution in [3.05, 3.63) is 40.7 Å². The maximum Gasteiger partial charge on any atom is 0.224 e. The molecule has 0 spiro atoms. The lowest BCUT2D eigenvalue weighted by atomic mass is 10.1. The Bertz CT molecular complexity index is 725. The van der Waals surface area contributed by atoms with Crippen molar-refractivity contribution in [1.82, 2.24) is 14.3 Å². The van der Waals surface area contributed by atoms with Crippen LogP contribution in [0.1, 0.15) is 44.5 Å². The van der Waals surface area contributed by atoms with Crippen LogP contribution in [0.15, 0.2) is 24.3 Å². The van der Waals surface area contributed by atoms with Crippen molar-refractivity contribution in [3.8, 4) is 0 Å². The molecule has 0 aliphatic carbocycles. The first-order valence-corrected chi connectivity index (χ1v) is 10.3. The first kappa shape index (κ1) is 19.1. The van der Waals surface area contributed by atoms with E-state index in [1.807, 2.05) is 29.2 Å². The van der Waals surface area contributed by atoms with Crippen molar-refractivity contribution in [2.45, 2.75) is 45.6 Å². The number of carbonyl (C=O) groups excluding carboxylic acids is 1. The van der Waals surface area contributed by atoms with Crippen molar-refractivity contribution in [3.63, 3.8) is 0 Å². The lowest BCUT2D eigenvalue weighted by Gasteiger charge is -2.26. The summed E-state index contributed by atoms with van der Waals surface area (Å²) >= 11 is 7.34. The van der Waals surface area contributed by atoms with Crippen LogP contribution in [0.3, 0.4) is 0 Å². The third-order valence-corrected chi connectivity index (χ3v) is 5.67. The maximum atomic E-state index is 12.3. The fraction of sp³-hybridized carbons (Fsp3) is 0.526. The normalized spacial score (nSPS) is 14.2. The van der Waals surface area contributed by atoms with E-state index in [0.717, 1.165) is 47.5 Å². The van der Waals surface area contributed by atoms with Gasteiger partial charge in [-0.05, 0) is 44.4 Å². The topological polar surface area (TPSA) is 49.3 Å². The molecule has 7 heteroatoms. The molecule has 1 amide bonds. The third-order valence-electron chi connectivity index (χ3n) is 4.63. The SMILES string of the molecule is CC(C)N(CCC(=O)N1CCCC1)c1nc(Cc2ccc(Cl)cc2)ns1. The molecule has 5 nitrogen and oxygen atoms in total. The Labute approximate surface area is 164 Å². The summed E-state index contributed by atoms with van der Waals surface area (Å²) in [7, 11) is 0. The molecule has 1 aliphatic rings. The monoisotopic (exact) mass is 392 g/mol. The van der Waals surface area contributed by atoms with Crippen LogP contribution in [0.4, 0.5) is 5.13 Å². The van der Waals surface area contributed by atoms with Crippen molar-refractivity contribution in [2.75, 3.05) is 24.5 Å². The molecule has 2 aromatic rings. The van der Waals surface area contributed by atoms with E-state index in [4.69, 9.17) is 16.6 Å². The quantitative estimate of drug-likeness (QED) is 0.714. The molecule has 1 saturated heterocycles. The molecule has 140 valence electrons. The second-order valence-corrected chi connectivity index (χ2v) is 8.09. The van der Waals surface area contributed by atoms with Crippen molar-refractivity contribution < 1.29 is 4.79 Å². The number of carbonyl (C=O) groups is 1. The first-order valence-electron chi connectivity index (χ1n) is 9.14. The number of aromatic nitrogens is 2. The van der Waals surface area contributed by atoms with E-state index in [-0.39, 0.29) is 11.9 Å². The molecule has 0 bridgehead atoms. The summed E-state index contributed by atoms with van der Waals surface area (Å²) in [4.78, 5) is 21.2. The Morgan fingerprint density at radius 2 is 1.96 bits per heavy atom. The van der Waals surface area contributed by atoms with Gasteiger partial charge in [0.1, 0.15) is 5.82 Å². The highest BCUT2D eigenvalue weighted by molar-refractivity contribution is 7.09. The number of hydrogen-bond acceptors (Lipinski definition) is 5. The predicted molar refractivity (Wildman–Crippen MR) is 107 cm³/mol. The van der Waals surface area contributed by atoms with Gasteiger partial charge in [-0.2, -0.15) is 4.37 Å². The Morgan fingerprint density at radius 3 is 2.62 bits per heavy atom. The average molecular weight is 393 g/mol. The van der Waals surface area contributed by atoms with Crippen LogP contribution in [0.25, 0.3) is 0 Å². The van der Waals surface area contributed by atoms with E-state index in [0.29, 0.717) is 19.4 Å². The van der Waals surface area contributed by atoms with Gasteiger partial charge in [0.2, 0.25) is 11.0 Å². The zero-order chi connectivity index (χ0) is 18.5. The van der Waals surface area contributed by atoms with Gasteiger partial charge in [0.15, 0.2) is 0 Å². The summed E-state index contributed by atoms with van der Waals surface area (Å²) in [5, 5.41) is 1.62. The third kappa shape index (κ3) is 4.95. The molecule has 1 aromatic heterocycles. The number of rotatable bonds is 7. The second kappa shape index (κ2) is 8.82. The van der Waals surface area contributed by atoms with E-state index in [2.05, 4.69) is 23.1 Å². The van der Waals surface area contributed by atoms with E-state index in [9.17, 15) is 4.79 Å². The van der Waals surface area contributed by atoms with Gasteiger partial charge in [-0.1, -0.05) is 23.7 Å². The number of hydrogen-bond donors (Lipinski definition) is 0. The minimum atomic E-state index is 0.249. The molecule has 0 radical (unpaired) electrons. The summed E-state index contributed by atoms with van der Waals surface area (Å²) < 4.78 is 4.50. The van der Waals surface area contributed by atoms with Crippen molar-refractivity contribution >= 4 is 34.2 Å².